The Morgan fingerprint density at radius 1 is 0.980 bits per heavy atom. The van der Waals surface area contributed by atoms with Crippen LogP contribution in [0.3, 0.4) is 0 Å². The Labute approximate surface area is 298 Å². The van der Waals surface area contributed by atoms with Crippen LogP contribution in [0.25, 0.3) is 0 Å². The Hall–Kier alpha value is -1.83. The molecule has 284 valence electrons. The molecule has 0 aliphatic carbocycles. The Kier molecular flexibility index (Phi) is 13.0. The molecule has 4 saturated heterocycles. The smallest absolute Gasteiger partial charge is 0.305 e. The van der Waals surface area contributed by atoms with E-state index in [4.69, 9.17) is 42.6 Å². The van der Waals surface area contributed by atoms with Gasteiger partial charge in [-0.15, -0.1) is 0 Å². The van der Waals surface area contributed by atoms with Crippen molar-refractivity contribution in [3.05, 3.63) is 29.8 Å². The predicted molar refractivity (Wildman–Crippen MR) is 185 cm³/mol. The minimum atomic E-state index is -0.920. The average molecular weight is 707 g/mol. The first kappa shape index (κ1) is 39.4. The lowest BCUT2D eigenvalue weighted by Gasteiger charge is -2.51. The number of benzene rings is 1. The molecule has 0 bridgehead atoms. The SMILES string of the molecule is COC(=O)CCC1(C[C@@H](C)[C@H](C)C(O)C[C@@H]2O[C@H]3C[C@H]4OC(C)(C)OCC[C@H]4O[C@H]3[C@H](C)[C@H]2OCc2ccc(OC)cc2)OCC(C)(C)CO1. The molecule has 4 fully saturated rings. The molecular formula is C39H62O11. The van der Waals surface area contributed by atoms with Gasteiger partial charge in [0.15, 0.2) is 11.6 Å². The van der Waals surface area contributed by atoms with Gasteiger partial charge in [-0.25, -0.2) is 0 Å². The molecule has 5 rings (SSSR count). The Balaban J connectivity index is 1.30. The zero-order valence-corrected chi connectivity index (χ0v) is 31.7. The minimum absolute atomic E-state index is 0.00374. The molecule has 1 aromatic carbocycles. The van der Waals surface area contributed by atoms with Crippen molar-refractivity contribution in [2.24, 2.45) is 23.2 Å². The van der Waals surface area contributed by atoms with Gasteiger partial charge in [0.25, 0.3) is 0 Å². The molecule has 0 radical (unpaired) electrons. The van der Waals surface area contributed by atoms with Crippen LogP contribution in [0.4, 0.5) is 0 Å². The van der Waals surface area contributed by atoms with Crippen LogP contribution < -0.4 is 4.74 Å². The van der Waals surface area contributed by atoms with Gasteiger partial charge in [-0.05, 0) is 49.8 Å². The summed E-state index contributed by atoms with van der Waals surface area (Å²) in [5.74, 6) is -1.24. The van der Waals surface area contributed by atoms with Crippen LogP contribution in [0.15, 0.2) is 24.3 Å². The summed E-state index contributed by atoms with van der Waals surface area (Å²) in [6, 6.07) is 7.86. The lowest BCUT2D eigenvalue weighted by molar-refractivity contribution is -0.310. The van der Waals surface area contributed by atoms with E-state index in [1.165, 1.54) is 7.11 Å². The fourth-order valence-corrected chi connectivity index (χ4v) is 7.88. The van der Waals surface area contributed by atoms with Crippen molar-refractivity contribution in [3.8, 4) is 5.75 Å². The third-order valence-corrected chi connectivity index (χ3v) is 11.2. The first-order valence-electron chi connectivity index (χ1n) is 18.5. The van der Waals surface area contributed by atoms with Gasteiger partial charge in [0, 0.05) is 37.0 Å². The van der Waals surface area contributed by atoms with Gasteiger partial charge in [0.2, 0.25) is 0 Å². The van der Waals surface area contributed by atoms with Crippen LogP contribution in [-0.2, 0) is 49.3 Å². The van der Waals surface area contributed by atoms with E-state index >= 15 is 0 Å². The maximum Gasteiger partial charge on any atom is 0.305 e. The maximum atomic E-state index is 12.1. The molecule has 50 heavy (non-hydrogen) atoms. The van der Waals surface area contributed by atoms with E-state index in [1.807, 2.05) is 38.1 Å². The van der Waals surface area contributed by atoms with Crippen LogP contribution in [0.5, 0.6) is 5.75 Å². The first-order valence-corrected chi connectivity index (χ1v) is 18.5. The van der Waals surface area contributed by atoms with Crippen molar-refractivity contribution in [2.75, 3.05) is 34.0 Å². The van der Waals surface area contributed by atoms with Gasteiger partial charge in [-0.3, -0.25) is 4.79 Å². The van der Waals surface area contributed by atoms with Crippen molar-refractivity contribution in [1.82, 2.24) is 0 Å². The molecule has 4 heterocycles. The summed E-state index contributed by atoms with van der Waals surface area (Å²) in [4.78, 5) is 12.1. The van der Waals surface area contributed by atoms with Gasteiger partial charge < -0.3 is 47.7 Å². The molecule has 1 N–H and O–H groups in total. The number of ether oxygens (including phenoxy) is 9. The van der Waals surface area contributed by atoms with Crippen LogP contribution >= 0.6 is 0 Å². The number of carbonyl (C=O) groups excluding carboxylic acids is 1. The van der Waals surface area contributed by atoms with E-state index in [9.17, 15) is 9.90 Å². The number of aliphatic hydroxyl groups is 1. The highest BCUT2D eigenvalue weighted by Crippen LogP contribution is 2.43. The number of hydrogen-bond donors (Lipinski definition) is 1. The summed E-state index contributed by atoms with van der Waals surface area (Å²) < 4.78 is 55.6. The summed E-state index contributed by atoms with van der Waals surface area (Å²) >= 11 is 0. The predicted octanol–water partition coefficient (Wildman–Crippen LogP) is 5.82. The first-order chi connectivity index (χ1) is 23.6. The number of aliphatic hydroxyl groups excluding tert-OH is 1. The molecule has 0 aromatic heterocycles. The van der Waals surface area contributed by atoms with Crippen molar-refractivity contribution < 1.29 is 52.5 Å². The van der Waals surface area contributed by atoms with Crippen molar-refractivity contribution in [1.29, 1.82) is 0 Å². The quantitative estimate of drug-likeness (QED) is 0.250. The normalized spacial score (nSPS) is 33.5. The van der Waals surface area contributed by atoms with Crippen LogP contribution in [0.1, 0.15) is 92.6 Å². The van der Waals surface area contributed by atoms with E-state index in [0.717, 1.165) is 17.7 Å². The van der Waals surface area contributed by atoms with Gasteiger partial charge in [-0.2, -0.15) is 0 Å². The number of fused-ring (bicyclic) bond motifs is 2. The Morgan fingerprint density at radius 3 is 2.34 bits per heavy atom. The molecule has 11 nitrogen and oxygen atoms in total. The molecule has 10 atom stereocenters. The van der Waals surface area contributed by atoms with Crippen molar-refractivity contribution in [2.45, 2.75) is 148 Å². The lowest BCUT2D eigenvalue weighted by Crippen LogP contribution is -2.61. The highest BCUT2D eigenvalue weighted by molar-refractivity contribution is 5.69. The molecule has 0 saturated carbocycles. The van der Waals surface area contributed by atoms with E-state index < -0.39 is 17.7 Å². The van der Waals surface area contributed by atoms with E-state index in [1.54, 1.807) is 7.11 Å². The molecule has 4 aliphatic heterocycles. The molecule has 1 unspecified atom stereocenters. The molecule has 0 amide bonds. The molecule has 0 spiro atoms. The number of rotatable bonds is 13. The Morgan fingerprint density at radius 2 is 1.68 bits per heavy atom. The van der Waals surface area contributed by atoms with E-state index in [2.05, 4.69) is 34.6 Å². The number of esters is 1. The largest absolute Gasteiger partial charge is 0.497 e. The number of carbonyl (C=O) groups is 1. The standard InChI is InChI=1S/C39H62O11/c1-24(20-39(16-14-34(41)43-9)46-22-37(4,5)23-47-39)25(2)29(40)18-32-35(44-21-27-10-12-28(42-8)13-11-27)26(3)36-33(48-32)19-31-30(49-36)15-17-45-38(6,7)50-31/h10-13,24-26,29-33,35-36,40H,14-23H2,1-9H3/t24-,25+,26-,29?,30-,31-,32+,33+,35-,36+/m1/s1. The van der Waals surface area contributed by atoms with Crippen LogP contribution in [0, 0.1) is 23.2 Å². The zero-order valence-electron chi connectivity index (χ0n) is 31.7. The fraction of sp³-hybridized carbons (Fsp3) is 0.821. The summed E-state index contributed by atoms with van der Waals surface area (Å²) in [5, 5.41) is 11.9. The van der Waals surface area contributed by atoms with Gasteiger partial charge >= 0.3 is 5.97 Å². The topological polar surface area (TPSA) is 120 Å². The van der Waals surface area contributed by atoms with E-state index in [0.29, 0.717) is 52.1 Å². The summed E-state index contributed by atoms with van der Waals surface area (Å²) in [6.45, 7) is 16.5. The summed E-state index contributed by atoms with van der Waals surface area (Å²) in [6.07, 6.45) is 0.950. The lowest BCUT2D eigenvalue weighted by atomic mass is 9.78. The second-order valence-corrected chi connectivity index (χ2v) is 16.3. The fourth-order valence-electron chi connectivity index (χ4n) is 7.88. The highest BCUT2D eigenvalue weighted by atomic mass is 16.7. The molecule has 11 heteroatoms. The zero-order chi connectivity index (χ0) is 36.3. The maximum absolute atomic E-state index is 12.1. The summed E-state index contributed by atoms with van der Waals surface area (Å²) in [5.41, 5.74) is 0.903. The third kappa shape index (κ3) is 9.77. The Bertz CT molecular complexity index is 1220. The van der Waals surface area contributed by atoms with Gasteiger partial charge in [0.1, 0.15) is 5.75 Å². The van der Waals surface area contributed by atoms with Crippen LogP contribution in [-0.4, -0.2) is 99.4 Å². The monoisotopic (exact) mass is 706 g/mol. The second-order valence-electron chi connectivity index (χ2n) is 16.3. The number of methoxy groups -OCH3 is 2. The van der Waals surface area contributed by atoms with Crippen molar-refractivity contribution in [3.63, 3.8) is 0 Å². The third-order valence-electron chi connectivity index (χ3n) is 11.2. The highest BCUT2D eigenvalue weighted by Gasteiger charge is 2.52. The van der Waals surface area contributed by atoms with Gasteiger partial charge in [0.05, 0.1) is 89.8 Å². The second kappa shape index (κ2) is 16.5. The summed E-state index contributed by atoms with van der Waals surface area (Å²) in [7, 11) is 3.04. The van der Waals surface area contributed by atoms with E-state index in [-0.39, 0.29) is 72.2 Å². The van der Waals surface area contributed by atoms with Crippen molar-refractivity contribution >= 4 is 5.97 Å². The molecule has 4 aliphatic rings. The minimum Gasteiger partial charge on any atom is -0.497 e. The van der Waals surface area contributed by atoms with Gasteiger partial charge in [-0.1, -0.05) is 46.8 Å². The average Bonchev–Trinajstić information content (AvgIpc) is 3.23. The molecule has 1 aromatic rings. The molecular weight excluding hydrogens is 644 g/mol. The van der Waals surface area contributed by atoms with Crippen LogP contribution in [0.2, 0.25) is 0 Å². The number of hydrogen-bond acceptors (Lipinski definition) is 11.